The Bertz CT molecular complexity index is 779. The first-order valence-electron chi connectivity index (χ1n) is 8.75. The molecule has 3 rings (SSSR count). The molecule has 28 heavy (non-hydrogen) atoms. The maximum Gasteiger partial charge on any atom is 0.422 e. The molecule has 1 aliphatic carbocycles. The van der Waals surface area contributed by atoms with Crippen molar-refractivity contribution in [1.29, 1.82) is 0 Å². The van der Waals surface area contributed by atoms with Crippen LogP contribution in [-0.4, -0.2) is 29.6 Å². The summed E-state index contributed by atoms with van der Waals surface area (Å²) in [4.78, 5) is 14.1. The van der Waals surface area contributed by atoms with Crippen LogP contribution in [0.4, 0.5) is 26.3 Å². The number of rotatable bonds is 2. The van der Waals surface area contributed by atoms with Crippen molar-refractivity contribution in [2.75, 3.05) is 6.54 Å². The number of nitrogens with zero attached hydrogens (tertiary/aromatic N) is 2. The third kappa shape index (κ3) is 4.03. The van der Waals surface area contributed by atoms with Crippen LogP contribution in [-0.2, 0) is 23.9 Å². The van der Waals surface area contributed by atoms with E-state index in [0.717, 1.165) is 11.0 Å². The lowest BCUT2D eigenvalue weighted by Gasteiger charge is -2.37. The number of carbonyl (C=O) groups excluding carboxylic acids is 1. The van der Waals surface area contributed by atoms with Crippen molar-refractivity contribution < 1.29 is 35.9 Å². The first kappa shape index (κ1) is 20.7. The molecular weight excluding hydrogens is 392 g/mol. The van der Waals surface area contributed by atoms with Gasteiger partial charge in [0, 0.05) is 18.2 Å². The number of hydrogen-bond donors (Lipinski definition) is 1. The molecule has 1 aromatic rings. The van der Waals surface area contributed by atoms with Gasteiger partial charge >= 0.3 is 12.4 Å². The molecule has 1 saturated carbocycles. The average molecular weight is 411 g/mol. The van der Waals surface area contributed by atoms with Crippen LogP contribution >= 0.6 is 0 Å². The molecule has 0 saturated heterocycles. The fourth-order valence-electron chi connectivity index (χ4n) is 4.23. The molecule has 156 valence electrons. The number of hydrogen-bond acceptors (Lipinski definition) is 3. The van der Waals surface area contributed by atoms with Gasteiger partial charge in [-0.2, -0.15) is 31.1 Å². The zero-order chi connectivity index (χ0) is 20.9. The number of halogens is 6. The minimum absolute atomic E-state index is 0.00567. The first-order chi connectivity index (χ1) is 12.8. The van der Waals surface area contributed by atoms with E-state index >= 15 is 0 Å². The molecule has 2 aliphatic rings. The van der Waals surface area contributed by atoms with Crippen LogP contribution in [0.3, 0.4) is 0 Å². The third-order valence-electron chi connectivity index (χ3n) is 5.46. The second kappa shape index (κ2) is 6.78. The topological polar surface area (TPSA) is 73.3 Å². The lowest BCUT2D eigenvalue weighted by atomic mass is 9.80. The molecule has 0 spiro atoms. The monoisotopic (exact) mass is 411 g/mol. The zero-order valence-electron chi connectivity index (χ0n) is 14.7. The van der Waals surface area contributed by atoms with E-state index in [-0.39, 0.29) is 54.8 Å². The Labute approximate surface area is 156 Å². The summed E-state index contributed by atoms with van der Waals surface area (Å²) < 4.78 is 78.3. The number of alkyl halides is 6. The highest BCUT2D eigenvalue weighted by atomic mass is 19.4. The average Bonchev–Trinajstić information content (AvgIpc) is 2.92. The van der Waals surface area contributed by atoms with Crippen LogP contribution in [0.25, 0.3) is 0 Å². The smallest absolute Gasteiger partial charge is 0.422 e. The minimum Gasteiger partial charge on any atom is -0.618 e. The normalized spacial score (nSPS) is 25.7. The van der Waals surface area contributed by atoms with Gasteiger partial charge < -0.3 is 15.8 Å². The molecule has 0 bridgehead atoms. The van der Waals surface area contributed by atoms with Crippen molar-refractivity contribution in [1.82, 2.24) is 4.90 Å². The maximum absolute atomic E-state index is 13.1. The molecule has 1 aromatic heterocycles. The Morgan fingerprint density at radius 3 is 2.54 bits per heavy atom. The Morgan fingerprint density at radius 1 is 1.32 bits per heavy atom. The standard InChI is InChI=1S/C17H19F6N3O2/c18-16(19,20)9-15(3-1-12(24)6-15)14(27)25-4-2-13-10(7-25)5-11(8-26(13)28)17(21,22)23/h5,8,12H,1-4,6-7,9,24H2/t12-,15+/m1/s1. The Kier molecular flexibility index (Phi) is 5.01. The predicted octanol–water partition coefficient (Wildman–Crippen LogP) is 2.67. The number of aromatic nitrogens is 1. The van der Waals surface area contributed by atoms with Crippen LogP contribution in [0, 0.1) is 10.6 Å². The third-order valence-corrected chi connectivity index (χ3v) is 5.46. The summed E-state index contributed by atoms with van der Waals surface area (Å²) in [7, 11) is 0. The number of amides is 1. The molecule has 0 aromatic carbocycles. The van der Waals surface area contributed by atoms with E-state index in [9.17, 15) is 36.3 Å². The van der Waals surface area contributed by atoms with Crippen molar-refractivity contribution in [2.24, 2.45) is 11.1 Å². The molecule has 2 N–H and O–H groups in total. The first-order valence-corrected chi connectivity index (χ1v) is 8.75. The summed E-state index contributed by atoms with van der Waals surface area (Å²) in [5.74, 6) is -0.765. The summed E-state index contributed by atoms with van der Waals surface area (Å²) in [5, 5.41) is 11.9. The van der Waals surface area contributed by atoms with Crippen molar-refractivity contribution in [3.63, 3.8) is 0 Å². The van der Waals surface area contributed by atoms with Gasteiger partial charge in [-0.15, -0.1) is 0 Å². The molecule has 0 unspecified atom stereocenters. The van der Waals surface area contributed by atoms with E-state index < -0.39 is 41.7 Å². The summed E-state index contributed by atoms with van der Waals surface area (Å²) in [6, 6.07) is 0.240. The van der Waals surface area contributed by atoms with E-state index in [1.54, 1.807) is 0 Å². The molecule has 11 heteroatoms. The van der Waals surface area contributed by atoms with Crippen LogP contribution in [0.1, 0.15) is 42.5 Å². The summed E-state index contributed by atoms with van der Waals surface area (Å²) in [6.45, 7) is -0.372. The van der Waals surface area contributed by atoms with Crippen molar-refractivity contribution in [3.05, 3.63) is 34.3 Å². The number of pyridine rings is 1. The van der Waals surface area contributed by atoms with Gasteiger partial charge in [0.05, 0.1) is 24.8 Å². The molecule has 1 fully saturated rings. The van der Waals surface area contributed by atoms with E-state index in [0.29, 0.717) is 6.20 Å². The fourth-order valence-corrected chi connectivity index (χ4v) is 4.23. The molecule has 1 aliphatic heterocycles. The fraction of sp³-hybridized carbons (Fsp3) is 0.647. The molecule has 2 atom stereocenters. The molecule has 5 nitrogen and oxygen atoms in total. The van der Waals surface area contributed by atoms with Gasteiger partial charge in [0.1, 0.15) is 5.56 Å². The highest BCUT2D eigenvalue weighted by Crippen LogP contribution is 2.47. The largest absolute Gasteiger partial charge is 0.618 e. The SMILES string of the molecule is N[C@@H]1CC[C@](CC(F)(F)F)(C(=O)N2CCc3c(cc(C(F)(F)F)c[n+]3[O-])C2)C1. The summed E-state index contributed by atoms with van der Waals surface area (Å²) in [5.41, 5.74) is 2.97. The number of fused-ring (bicyclic) bond motifs is 1. The Hall–Kier alpha value is -2.04. The van der Waals surface area contributed by atoms with E-state index in [2.05, 4.69) is 0 Å². The van der Waals surface area contributed by atoms with Gasteiger partial charge in [-0.3, -0.25) is 4.79 Å². The lowest BCUT2D eigenvalue weighted by molar-refractivity contribution is -0.616. The number of nitrogens with two attached hydrogens (primary N) is 1. The van der Waals surface area contributed by atoms with E-state index in [1.807, 2.05) is 0 Å². The molecule has 2 heterocycles. The van der Waals surface area contributed by atoms with E-state index in [4.69, 9.17) is 5.73 Å². The maximum atomic E-state index is 13.1. The Balaban J connectivity index is 1.90. The van der Waals surface area contributed by atoms with Crippen LogP contribution in [0.2, 0.25) is 0 Å². The second-order valence-electron chi connectivity index (χ2n) is 7.58. The van der Waals surface area contributed by atoms with Gasteiger partial charge in [-0.1, -0.05) is 0 Å². The van der Waals surface area contributed by atoms with Gasteiger partial charge in [0.25, 0.3) is 0 Å². The van der Waals surface area contributed by atoms with Gasteiger partial charge in [0.2, 0.25) is 5.91 Å². The van der Waals surface area contributed by atoms with Gasteiger partial charge in [-0.05, 0) is 25.3 Å². The van der Waals surface area contributed by atoms with Crippen molar-refractivity contribution >= 4 is 5.91 Å². The van der Waals surface area contributed by atoms with Crippen LogP contribution in [0.5, 0.6) is 0 Å². The Morgan fingerprint density at radius 2 is 2.00 bits per heavy atom. The summed E-state index contributed by atoms with van der Waals surface area (Å²) >= 11 is 0. The highest BCUT2D eigenvalue weighted by molar-refractivity contribution is 5.83. The zero-order valence-corrected chi connectivity index (χ0v) is 14.7. The molecule has 1 amide bonds. The molecule has 0 radical (unpaired) electrons. The van der Waals surface area contributed by atoms with Crippen LogP contribution in [0.15, 0.2) is 12.3 Å². The van der Waals surface area contributed by atoms with Crippen molar-refractivity contribution in [3.8, 4) is 0 Å². The van der Waals surface area contributed by atoms with Crippen LogP contribution < -0.4 is 10.5 Å². The lowest BCUT2D eigenvalue weighted by Crippen LogP contribution is -2.49. The van der Waals surface area contributed by atoms with Gasteiger partial charge in [-0.25, -0.2) is 0 Å². The highest BCUT2D eigenvalue weighted by Gasteiger charge is 2.53. The quantitative estimate of drug-likeness (QED) is 0.462. The summed E-state index contributed by atoms with van der Waals surface area (Å²) in [6.07, 6.45) is -10.1. The van der Waals surface area contributed by atoms with E-state index in [1.165, 1.54) is 0 Å². The second-order valence-corrected chi connectivity index (χ2v) is 7.58. The minimum atomic E-state index is -4.75. The van der Waals surface area contributed by atoms with Gasteiger partial charge in [0.15, 0.2) is 11.9 Å². The van der Waals surface area contributed by atoms with Crippen molar-refractivity contribution in [2.45, 2.75) is 57.0 Å². The molecular formula is C17H19F6N3O2. The number of carbonyl (C=O) groups is 1. The predicted molar refractivity (Wildman–Crippen MR) is 84.5 cm³/mol.